The van der Waals surface area contributed by atoms with E-state index in [1.54, 1.807) is 0 Å². The second-order valence-corrected chi connectivity index (χ2v) is 8.04. The number of hydrogen-bond donors (Lipinski definition) is 4. The Kier molecular flexibility index (Phi) is 3.43. The van der Waals surface area contributed by atoms with E-state index in [4.69, 9.17) is 19.6 Å². The van der Waals surface area contributed by atoms with Crippen LogP contribution in [-0.4, -0.2) is 23.5 Å². The van der Waals surface area contributed by atoms with Crippen molar-refractivity contribution in [2.45, 2.75) is 3.91 Å². The quantitative estimate of drug-likeness (QED) is 0.488. The van der Waals surface area contributed by atoms with E-state index in [0.717, 1.165) is 18.9 Å². The summed E-state index contributed by atoms with van der Waals surface area (Å²) < 4.78 is 18.4. The van der Waals surface area contributed by atoms with Crippen LogP contribution in [0.4, 0.5) is 0 Å². The molecule has 0 amide bonds. The average Bonchev–Trinajstić information content (AvgIpc) is 1.59. The summed E-state index contributed by atoms with van der Waals surface area (Å²) in [5.41, 5.74) is 0. The maximum absolute atomic E-state index is 10.2. The van der Waals surface area contributed by atoms with Gasteiger partial charge in [0.2, 0.25) is 0 Å². The topological polar surface area (TPSA) is 115 Å². The summed E-state index contributed by atoms with van der Waals surface area (Å²) >= 11 is 1.03. The molecule has 0 bridgehead atoms. The molecule has 4 N–H and O–H groups in total. The third kappa shape index (κ3) is 3.37. The van der Waals surface area contributed by atoms with Gasteiger partial charge in [0.05, 0.1) is 0 Å². The Balaban J connectivity index is 4.56. The van der Waals surface area contributed by atoms with Gasteiger partial charge in [-0.25, -0.2) is 0 Å². The molecule has 0 radical (unpaired) electrons. The van der Waals surface area contributed by atoms with E-state index < -0.39 is 19.1 Å². The molecule has 0 aliphatic rings. The number of hydrogen-bond acceptors (Lipinski definition) is 2. The van der Waals surface area contributed by atoms with Gasteiger partial charge in [-0.2, -0.15) is 0 Å². The van der Waals surface area contributed by atoms with Crippen LogP contribution >= 0.6 is 15.2 Å². The average molecular weight is 273 g/mol. The van der Waals surface area contributed by atoms with Gasteiger partial charge in [0.1, 0.15) is 0 Å². The van der Waals surface area contributed by atoms with Crippen LogP contribution in [0.25, 0.3) is 0 Å². The van der Waals surface area contributed by atoms with Crippen molar-refractivity contribution in [3.63, 3.8) is 0 Å². The number of rotatable bonds is 2. The molecule has 0 spiro atoms. The molecule has 0 saturated carbocycles. The molecule has 0 aliphatic carbocycles. The zero-order chi connectivity index (χ0) is 8.58. The van der Waals surface area contributed by atoms with Gasteiger partial charge >= 0.3 is 66.7 Å². The van der Waals surface area contributed by atoms with Crippen molar-refractivity contribution >= 4 is 15.2 Å². The zero-order valence-corrected chi connectivity index (χ0v) is 8.10. The summed E-state index contributed by atoms with van der Waals surface area (Å²) in [4.78, 5) is 32.9. The first kappa shape index (κ1) is 10.9. The Hall–Kier alpha value is 0.949. The van der Waals surface area contributed by atoms with E-state index >= 15 is 0 Å². The van der Waals surface area contributed by atoms with E-state index in [9.17, 15) is 9.13 Å². The second kappa shape index (κ2) is 3.13. The fraction of sp³-hybridized carbons (Fsp3) is 1.00. The van der Waals surface area contributed by atoms with Gasteiger partial charge in [-0.05, 0) is 0 Å². The van der Waals surface area contributed by atoms with E-state index in [1.807, 2.05) is 0 Å². The first-order valence-electron chi connectivity index (χ1n) is 1.90. The van der Waals surface area contributed by atoms with Gasteiger partial charge in [-0.3, -0.25) is 0 Å². The first-order chi connectivity index (χ1) is 4.15. The van der Waals surface area contributed by atoms with Crippen LogP contribution in [0.1, 0.15) is 0 Å². The van der Waals surface area contributed by atoms with Crippen LogP contribution in [-0.2, 0) is 28.0 Å². The summed E-state index contributed by atoms with van der Waals surface area (Å²) in [7, 11) is -9.31. The molecule has 0 saturated heterocycles. The molecule has 0 aromatic carbocycles. The minimum atomic E-state index is -4.65. The van der Waals surface area contributed by atoms with Gasteiger partial charge in [-0.15, -0.1) is 0 Å². The van der Waals surface area contributed by atoms with Crippen molar-refractivity contribution < 1.29 is 47.6 Å². The van der Waals surface area contributed by atoms with Crippen LogP contribution in [0.5, 0.6) is 0 Å². The Morgan fingerprint density at radius 1 is 1.00 bits per heavy atom. The van der Waals surface area contributed by atoms with E-state index in [0.29, 0.717) is 0 Å². The normalized spacial score (nSPS) is 14.2. The molecule has 0 heterocycles. The Labute approximate surface area is 67.1 Å². The van der Waals surface area contributed by atoms with E-state index in [2.05, 4.69) is 0 Å². The third-order valence-electron chi connectivity index (χ3n) is 0.555. The molecule has 0 unspecified atom stereocenters. The monoisotopic (exact) mass is 272 g/mol. The fourth-order valence-corrected chi connectivity index (χ4v) is 1.76. The van der Waals surface area contributed by atoms with Crippen molar-refractivity contribution in [3.05, 3.63) is 0 Å². The first-order valence-corrected chi connectivity index (χ1v) is 6.34. The summed E-state index contributed by atoms with van der Waals surface area (Å²) in [5.74, 6) is 0. The van der Waals surface area contributed by atoms with E-state index in [-0.39, 0.29) is 0 Å². The van der Waals surface area contributed by atoms with Crippen LogP contribution in [0.15, 0.2) is 0 Å². The predicted octanol–water partition coefficient (Wildman–Crippen LogP) is -0.828. The van der Waals surface area contributed by atoms with Crippen molar-refractivity contribution in [2.75, 3.05) is 0 Å². The van der Waals surface area contributed by atoms with Gasteiger partial charge in [0.25, 0.3) is 0 Å². The summed E-state index contributed by atoms with van der Waals surface area (Å²) in [6.45, 7) is 0. The van der Waals surface area contributed by atoms with Gasteiger partial charge in [0.15, 0.2) is 0 Å². The standard InChI is InChI=1S/CH5O6P2.Tc/c2-8(3,4)1-9(5,6)7;/h1H,(H2,2,3,4)(H2,5,6,7);. The molecule has 62 valence electrons. The van der Waals surface area contributed by atoms with Crippen LogP contribution in [0.3, 0.4) is 0 Å². The van der Waals surface area contributed by atoms with Gasteiger partial charge in [-0.1, -0.05) is 0 Å². The molecule has 10 heavy (non-hydrogen) atoms. The Bertz CT molecular complexity index is 178. The summed E-state index contributed by atoms with van der Waals surface area (Å²) in [6.07, 6.45) is 0. The maximum atomic E-state index is 10.2. The Morgan fingerprint density at radius 2 is 1.20 bits per heavy atom. The summed E-state index contributed by atoms with van der Waals surface area (Å²) in [6, 6.07) is 0. The minimum absolute atomic E-state index is 1.03. The van der Waals surface area contributed by atoms with Crippen LogP contribution < -0.4 is 0 Å². The van der Waals surface area contributed by atoms with E-state index in [1.165, 1.54) is 0 Å². The van der Waals surface area contributed by atoms with Crippen molar-refractivity contribution in [3.8, 4) is 0 Å². The predicted molar refractivity (Wildman–Crippen MR) is 27.9 cm³/mol. The van der Waals surface area contributed by atoms with Gasteiger partial charge in [0, 0.05) is 0 Å². The molecule has 6 nitrogen and oxygen atoms in total. The van der Waals surface area contributed by atoms with Crippen molar-refractivity contribution in [2.24, 2.45) is 0 Å². The Morgan fingerprint density at radius 3 is 1.20 bits per heavy atom. The SMILES string of the molecule is O=P(O)(O)[CH]([Tc])P(=O)(O)O. The zero-order valence-electron chi connectivity index (χ0n) is 4.46. The fourth-order valence-electron chi connectivity index (χ4n) is 0.196. The second-order valence-electron chi connectivity index (χ2n) is 1.49. The summed E-state index contributed by atoms with van der Waals surface area (Å²) in [5, 5.41) is 0. The molecular formula is CH5O6P2Tc. The molecule has 0 aromatic heterocycles. The molecule has 0 fully saturated rings. The molecule has 0 aromatic rings. The molecular weight excluding hydrogens is 268 g/mol. The molecule has 0 rings (SSSR count). The molecule has 0 atom stereocenters. The van der Waals surface area contributed by atoms with Crippen LogP contribution in [0.2, 0.25) is 0 Å². The molecule has 9 heteroatoms. The molecule has 0 aliphatic heterocycles. The van der Waals surface area contributed by atoms with Crippen LogP contribution in [0, 0.1) is 0 Å². The van der Waals surface area contributed by atoms with Gasteiger partial charge < -0.3 is 0 Å². The third-order valence-corrected chi connectivity index (χ3v) is 7.22. The van der Waals surface area contributed by atoms with Crippen molar-refractivity contribution in [1.29, 1.82) is 0 Å². The van der Waals surface area contributed by atoms with Crippen molar-refractivity contribution in [1.82, 2.24) is 0 Å².